The Hall–Kier alpha value is -3.68. The molecule has 0 fully saturated rings. The maximum Gasteiger partial charge on any atom is 0.343 e. The molecule has 178 valence electrons. The molecule has 9 heteroatoms. The number of nitrogens with one attached hydrogen (secondary N) is 1. The predicted molar refractivity (Wildman–Crippen MR) is 132 cm³/mol. The second kappa shape index (κ2) is 9.90. The molecule has 0 aliphatic carbocycles. The smallest absolute Gasteiger partial charge is 0.343 e. The van der Waals surface area contributed by atoms with Gasteiger partial charge >= 0.3 is 5.97 Å². The zero-order valence-electron chi connectivity index (χ0n) is 18.6. The van der Waals surface area contributed by atoms with Gasteiger partial charge in [-0.1, -0.05) is 55.2 Å². The molecule has 0 saturated heterocycles. The fourth-order valence-corrected chi connectivity index (χ4v) is 3.90. The Balaban J connectivity index is 1.49. The molecule has 1 N–H and O–H groups in total. The Labute approximate surface area is 210 Å². The molecule has 6 nitrogen and oxygen atoms in total. The molecule has 3 aromatic rings. The highest BCUT2D eigenvalue weighted by atomic mass is 35.5. The van der Waals surface area contributed by atoms with E-state index in [1.807, 2.05) is 26.0 Å². The third-order valence-electron chi connectivity index (χ3n) is 5.32. The zero-order valence-corrected chi connectivity index (χ0v) is 20.2. The molecule has 4 rings (SSSR count). The molecule has 0 saturated carbocycles. The highest BCUT2D eigenvalue weighted by Gasteiger charge is 2.39. The van der Waals surface area contributed by atoms with Crippen molar-refractivity contribution in [3.63, 3.8) is 0 Å². The minimum atomic E-state index is -0.772. The van der Waals surface area contributed by atoms with Crippen molar-refractivity contribution in [2.75, 3.05) is 10.2 Å². The normalized spacial score (nSPS) is 13.6. The van der Waals surface area contributed by atoms with Gasteiger partial charge in [0, 0.05) is 5.69 Å². The maximum absolute atomic E-state index is 13.5. The summed E-state index contributed by atoms with van der Waals surface area (Å²) in [6.45, 7) is 4.02. The van der Waals surface area contributed by atoms with E-state index in [1.165, 1.54) is 18.2 Å². The number of ether oxygens (including phenoxy) is 1. The van der Waals surface area contributed by atoms with E-state index in [0.717, 1.165) is 22.6 Å². The van der Waals surface area contributed by atoms with Gasteiger partial charge in [-0.2, -0.15) is 0 Å². The summed E-state index contributed by atoms with van der Waals surface area (Å²) in [6, 6.07) is 16.9. The number of carbonyl (C=O) groups excluding carboxylic acids is 3. The van der Waals surface area contributed by atoms with Crippen molar-refractivity contribution in [2.24, 2.45) is 0 Å². The predicted octanol–water partition coefficient (Wildman–Crippen LogP) is 6.26. The summed E-state index contributed by atoms with van der Waals surface area (Å²) in [5.74, 6) is -2.04. The van der Waals surface area contributed by atoms with Crippen molar-refractivity contribution >= 4 is 52.4 Å². The summed E-state index contributed by atoms with van der Waals surface area (Å²) < 4.78 is 19.0. The van der Waals surface area contributed by atoms with Crippen molar-refractivity contribution in [3.05, 3.63) is 99.4 Å². The highest BCUT2D eigenvalue weighted by molar-refractivity contribution is 6.53. The number of anilines is 2. The number of carbonyl (C=O) groups is 3. The van der Waals surface area contributed by atoms with E-state index in [0.29, 0.717) is 17.0 Å². The molecule has 1 heterocycles. The minimum Gasteiger partial charge on any atom is -0.423 e. The molecule has 0 atom stereocenters. The lowest BCUT2D eigenvalue weighted by Gasteiger charge is -2.15. The van der Waals surface area contributed by atoms with Crippen molar-refractivity contribution in [1.29, 1.82) is 0 Å². The number of hydrogen-bond donors (Lipinski definition) is 1. The maximum atomic E-state index is 13.5. The molecule has 0 unspecified atom stereocenters. The van der Waals surface area contributed by atoms with Crippen LogP contribution in [0.3, 0.4) is 0 Å². The van der Waals surface area contributed by atoms with Crippen molar-refractivity contribution in [2.45, 2.75) is 19.8 Å². The van der Waals surface area contributed by atoms with E-state index in [2.05, 4.69) is 5.32 Å². The van der Waals surface area contributed by atoms with Crippen LogP contribution in [0.15, 0.2) is 77.5 Å². The first kappa shape index (κ1) is 24.4. The average molecular weight is 513 g/mol. The summed E-state index contributed by atoms with van der Waals surface area (Å²) >= 11 is 11.9. The molecule has 2 amide bonds. The number of hydrogen-bond acceptors (Lipinski definition) is 5. The van der Waals surface area contributed by atoms with Crippen molar-refractivity contribution in [1.82, 2.24) is 0 Å². The van der Waals surface area contributed by atoms with Crippen molar-refractivity contribution < 1.29 is 23.5 Å². The van der Waals surface area contributed by atoms with Crippen LogP contribution in [0.4, 0.5) is 15.8 Å². The monoisotopic (exact) mass is 512 g/mol. The highest BCUT2D eigenvalue weighted by Crippen LogP contribution is 2.32. The van der Waals surface area contributed by atoms with Gasteiger partial charge in [-0.25, -0.2) is 14.1 Å². The van der Waals surface area contributed by atoms with Crippen LogP contribution < -0.4 is 15.0 Å². The third kappa shape index (κ3) is 4.92. The fraction of sp³-hybridized carbons (Fsp3) is 0.115. The van der Waals surface area contributed by atoms with E-state index in [4.69, 9.17) is 27.9 Å². The summed E-state index contributed by atoms with van der Waals surface area (Å²) in [7, 11) is 0. The number of esters is 1. The van der Waals surface area contributed by atoms with Crippen LogP contribution in [0.1, 0.15) is 35.7 Å². The number of amides is 2. The van der Waals surface area contributed by atoms with Gasteiger partial charge in [0.15, 0.2) is 0 Å². The van der Waals surface area contributed by atoms with E-state index < -0.39 is 23.6 Å². The topological polar surface area (TPSA) is 75.7 Å². The van der Waals surface area contributed by atoms with Gasteiger partial charge in [-0.05, 0) is 60.0 Å². The zero-order chi connectivity index (χ0) is 25.3. The molecule has 0 radical (unpaired) electrons. The van der Waals surface area contributed by atoms with Crippen LogP contribution in [-0.4, -0.2) is 17.8 Å². The van der Waals surface area contributed by atoms with Crippen LogP contribution in [0, 0.1) is 5.82 Å². The summed E-state index contributed by atoms with van der Waals surface area (Å²) in [5, 5.41) is 2.25. The lowest BCUT2D eigenvalue weighted by atomic mass is 10.0. The van der Waals surface area contributed by atoms with E-state index in [9.17, 15) is 18.8 Å². The van der Waals surface area contributed by atoms with Crippen LogP contribution in [0.2, 0.25) is 5.02 Å². The summed E-state index contributed by atoms with van der Waals surface area (Å²) in [6.07, 6.45) is 0. The van der Waals surface area contributed by atoms with Gasteiger partial charge in [-0.3, -0.25) is 9.59 Å². The lowest BCUT2D eigenvalue weighted by molar-refractivity contribution is -0.120. The van der Waals surface area contributed by atoms with Gasteiger partial charge in [0.25, 0.3) is 11.8 Å². The van der Waals surface area contributed by atoms with E-state index in [1.54, 1.807) is 24.3 Å². The van der Waals surface area contributed by atoms with Gasteiger partial charge in [-0.15, -0.1) is 0 Å². The number of nitrogens with zero attached hydrogens (tertiary/aromatic N) is 1. The molecule has 0 aromatic heterocycles. The van der Waals surface area contributed by atoms with Gasteiger partial charge < -0.3 is 10.1 Å². The van der Waals surface area contributed by atoms with E-state index >= 15 is 0 Å². The molecular formula is C26H19Cl2FN2O4. The van der Waals surface area contributed by atoms with Crippen LogP contribution in [0.5, 0.6) is 5.75 Å². The largest absolute Gasteiger partial charge is 0.423 e. The first-order valence-corrected chi connectivity index (χ1v) is 11.3. The Morgan fingerprint density at radius 2 is 1.66 bits per heavy atom. The molecule has 0 spiro atoms. The molecule has 1 aliphatic heterocycles. The summed E-state index contributed by atoms with van der Waals surface area (Å²) in [4.78, 5) is 38.9. The average Bonchev–Trinajstić information content (AvgIpc) is 3.04. The molecule has 1 aliphatic rings. The Bertz CT molecular complexity index is 1370. The fourth-order valence-electron chi connectivity index (χ4n) is 3.51. The van der Waals surface area contributed by atoms with Crippen LogP contribution in [-0.2, 0) is 9.59 Å². The van der Waals surface area contributed by atoms with Crippen LogP contribution in [0.25, 0.3) is 0 Å². The van der Waals surface area contributed by atoms with E-state index in [-0.39, 0.29) is 27.4 Å². The van der Waals surface area contributed by atoms with Crippen LogP contribution >= 0.6 is 23.2 Å². The molecular weight excluding hydrogens is 494 g/mol. The number of imide groups is 1. The minimum absolute atomic E-state index is 0.0844. The lowest BCUT2D eigenvalue weighted by Crippen LogP contribution is -2.32. The Morgan fingerprint density at radius 1 is 0.971 bits per heavy atom. The Kier molecular flexibility index (Phi) is 6.91. The summed E-state index contributed by atoms with van der Waals surface area (Å²) in [5.41, 5.74) is 1.56. The van der Waals surface area contributed by atoms with Gasteiger partial charge in [0.2, 0.25) is 0 Å². The molecule has 3 aromatic carbocycles. The second-order valence-electron chi connectivity index (χ2n) is 8.02. The molecule has 35 heavy (non-hydrogen) atoms. The van der Waals surface area contributed by atoms with Crippen molar-refractivity contribution in [3.8, 4) is 5.75 Å². The van der Waals surface area contributed by atoms with Gasteiger partial charge in [0.1, 0.15) is 22.3 Å². The standard InChI is InChI=1S/C26H19Cl2FN2O4/c1-14(2)18-5-3-4-6-21(18)35-26(34)15-7-9-16(10-8-15)30-23-22(28)24(32)31(25(23)33)17-11-12-20(29)19(27)13-17/h3-14,30H,1-2H3. The SMILES string of the molecule is CC(C)c1ccccc1OC(=O)c1ccc(NC2=C(Cl)C(=O)N(c3ccc(F)c(Cl)c3)C2=O)cc1. The third-order valence-corrected chi connectivity index (χ3v) is 5.96. The number of para-hydroxylation sites is 1. The molecule has 0 bridgehead atoms. The number of rotatable bonds is 6. The number of halogens is 3. The number of benzene rings is 3. The van der Waals surface area contributed by atoms with Gasteiger partial charge in [0.05, 0.1) is 16.3 Å². The first-order chi connectivity index (χ1) is 16.7. The Morgan fingerprint density at radius 3 is 2.31 bits per heavy atom. The quantitative estimate of drug-likeness (QED) is 0.239. The first-order valence-electron chi connectivity index (χ1n) is 10.6. The second-order valence-corrected chi connectivity index (χ2v) is 8.80.